The molecule has 0 bridgehead atoms. The van der Waals surface area contributed by atoms with E-state index in [0.29, 0.717) is 64.2 Å². The van der Waals surface area contributed by atoms with Gasteiger partial charge < -0.3 is 25.2 Å². The van der Waals surface area contributed by atoms with E-state index in [9.17, 15) is 20.4 Å². The van der Waals surface area contributed by atoms with Gasteiger partial charge in [0.25, 0.3) is 0 Å². The molecule has 6 aliphatic rings. The average molecular weight is 1860 g/mol. The molecule has 0 aliphatic heterocycles. The molecule has 6 fully saturated rings. The van der Waals surface area contributed by atoms with Crippen molar-refractivity contribution in [3.05, 3.63) is 171 Å². The standard InChI is InChI=1S/C25H39NO.C25H33NO.C22H27NO2.C21H31NO.8ClH.4Ti/c2*1-25(2,3)21-14-16-22(17-15-21)26-18-20-12-9-13-23(24(20)27)19-10-7-5-4-6-8-11-19;1-25-20-14-12-19(13-15-20)23-16-18-10-7-11-21(22(18)24)17-8-5-3-2-4-6-9-17;23-21-18(16-22-19-13-7-4-8-14-19)12-9-15-20(21)17-10-5-2-1-3-6-11-17;;;;;;;;;;;;/h9,12-13,18-19,21-22,27H,4-8,10-11,14-17H2,1-3H3;9,12-19,27H,4-8,10-11H2,1-3H3;7,10-17,24H,2-6,8-9H2,1H3;9,12,15-17,19,23H,1-8,10-11,13-14H2;8*1H;;;;/q;;;;;;;;;;;;4*+2/p-8. The van der Waals surface area contributed by atoms with Crippen molar-refractivity contribution in [2.75, 3.05) is 7.11 Å². The van der Waals surface area contributed by atoms with E-state index >= 15 is 0 Å². The van der Waals surface area contributed by atoms with Crippen molar-refractivity contribution in [3.8, 4) is 28.7 Å². The second-order valence-corrected chi connectivity index (χ2v) is 43.6. The molecule has 9 nitrogen and oxygen atoms in total. The van der Waals surface area contributed by atoms with E-state index in [1.54, 1.807) is 19.5 Å². The van der Waals surface area contributed by atoms with E-state index < -0.39 is 68.1 Å². The van der Waals surface area contributed by atoms with E-state index in [1.165, 1.54) is 243 Å². The Labute approximate surface area is 754 Å². The number of methoxy groups -OCH3 is 1. The molecule has 21 heteroatoms. The Hall–Kier alpha value is -1.82. The van der Waals surface area contributed by atoms with Gasteiger partial charge in [-0.2, -0.15) is 0 Å². The summed E-state index contributed by atoms with van der Waals surface area (Å²) in [7, 11) is 40.8. The number of aromatic hydroxyl groups is 4. The van der Waals surface area contributed by atoms with Crippen molar-refractivity contribution in [2.45, 2.75) is 320 Å². The second-order valence-electron chi connectivity index (χ2n) is 33.3. The average Bonchev–Trinajstić information content (AvgIpc) is 0.844. The van der Waals surface area contributed by atoms with Gasteiger partial charge in [0.15, 0.2) is 0 Å². The van der Waals surface area contributed by atoms with E-state index in [1.807, 2.05) is 79.2 Å². The summed E-state index contributed by atoms with van der Waals surface area (Å²) in [5.41, 5.74) is 11.5. The van der Waals surface area contributed by atoms with Gasteiger partial charge in [-0.3, -0.25) is 20.0 Å². The van der Waals surface area contributed by atoms with Gasteiger partial charge in [0.1, 0.15) is 28.7 Å². The summed E-state index contributed by atoms with van der Waals surface area (Å²) in [6.45, 7) is 13.7. The molecule has 0 amide bonds. The van der Waals surface area contributed by atoms with Crippen LogP contribution in [-0.2, 0) is 73.5 Å². The molecule has 6 aromatic carbocycles. The Bertz CT molecular complexity index is 3640. The second kappa shape index (κ2) is 60.6. The van der Waals surface area contributed by atoms with Gasteiger partial charge in [0, 0.05) is 59.2 Å². The number of halogens is 8. The first-order valence-electron chi connectivity index (χ1n) is 42.2. The molecular formula is C93H130Cl8N4O5Ti4. The van der Waals surface area contributed by atoms with Crippen LogP contribution in [0.5, 0.6) is 28.7 Å². The topological polar surface area (TPSA) is 140 Å². The Morgan fingerprint density at radius 1 is 0.316 bits per heavy atom. The van der Waals surface area contributed by atoms with Gasteiger partial charge in [-0.15, -0.1) is 0 Å². The molecule has 12 rings (SSSR count). The number of nitrogens with zero attached hydrogens (tertiary/aromatic N) is 4. The fraction of sp³-hybridized carbons (Fsp3) is 0.570. The normalized spacial score (nSPS) is 18.8. The number of aliphatic imine (C=N–C) groups is 4. The van der Waals surface area contributed by atoms with Crippen LogP contribution in [0.25, 0.3) is 0 Å². The van der Waals surface area contributed by atoms with E-state index in [4.69, 9.17) is 89.2 Å². The van der Waals surface area contributed by atoms with Crippen LogP contribution in [0.4, 0.5) is 11.4 Å². The van der Waals surface area contributed by atoms with Crippen molar-refractivity contribution in [1.82, 2.24) is 0 Å². The molecule has 0 saturated heterocycles. The van der Waals surface area contributed by atoms with Gasteiger partial charge in [0.05, 0.1) is 18.5 Å². The fourth-order valence-corrected chi connectivity index (χ4v) is 16.8. The minimum absolute atomic E-state index is 0.145. The number of hydrogen-bond acceptors (Lipinski definition) is 9. The van der Waals surface area contributed by atoms with Crippen molar-refractivity contribution in [1.29, 1.82) is 0 Å². The zero-order valence-corrected chi connectivity index (χ0v) is 81.4. The van der Waals surface area contributed by atoms with Crippen LogP contribution in [0.2, 0.25) is 0 Å². The summed E-state index contributed by atoms with van der Waals surface area (Å²) in [6, 6.07) is 41.5. The predicted octanol–water partition coefficient (Wildman–Crippen LogP) is 32.0. The van der Waals surface area contributed by atoms with Gasteiger partial charge in [-0.05, 0) is 219 Å². The number of phenolic OH excluding ortho intramolecular Hbond substituents is 4. The summed E-state index contributed by atoms with van der Waals surface area (Å²) in [5.74, 6) is 5.39. The van der Waals surface area contributed by atoms with Crippen LogP contribution in [-0.4, -0.2) is 64.5 Å². The number of para-hydroxylation sites is 4. The first-order chi connectivity index (χ1) is 55.2. The minimum atomic E-state index is -0.556. The Morgan fingerprint density at radius 2 is 0.561 bits per heavy atom. The number of benzene rings is 6. The SMILES string of the molecule is CC(C)(C)C1CCC(N=Cc2cccc(C3CCCCCCC3)c2O)CC1.CC(C)(C)c1ccc(N=Cc2cccc(C3CCCCCCC3)c2O)cc1.COc1ccc(N=Cc2cccc(C3CCCCCCC3)c2O)cc1.Oc1c(C=NC2CCCCC2)cccc1C1CCCCCCC1.[Cl][Ti][Cl].[Cl][Ti][Cl].[Cl][Ti][Cl].[Cl][Ti][Cl]. The van der Waals surface area contributed by atoms with Crippen LogP contribution in [0.15, 0.2) is 141 Å². The molecule has 0 unspecified atom stereocenters. The first-order valence-corrected chi connectivity index (χ1v) is 59.4. The molecule has 0 heterocycles. The van der Waals surface area contributed by atoms with Gasteiger partial charge in [-0.25, -0.2) is 0 Å². The quantitative estimate of drug-likeness (QED) is 0.0674. The summed E-state index contributed by atoms with van der Waals surface area (Å²) in [5, 5.41) is 43.2. The molecule has 114 heavy (non-hydrogen) atoms. The number of ether oxygens (including phenoxy) is 1. The Morgan fingerprint density at radius 3 is 0.833 bits per heavy atom. The third kappa shape index (κ3) is 39.6. The fourth-order valence-electron chi connectivity index (χ4n) is 16.8. The van der Waals surface area contributed by atoms with E-state index in [0.717, 1.165) is 67.5 Å². The third-order valence-corrected chi connectivity index (χ3v) is 23.4. The molecule has 624 valence electrons. The van der Waals surface area contributed by atoms with Crippen molar-refractivity contribution < 1.29 is 93.3 Å². The zero-order chi connectivity index (χ0) is 82.8. The maximum atomic E-state index is 10.9. The molecular weight excluding hydrogens is 1730 g/mol. The molecule has 0 spiro atoms. The van der Waals surface area contributed by atoms with Gasteiger partial charge in [-0.1, -0.05) is 250 Å². The predicted molar refractivity (Wildman–Crippen MR) is 479 cm³/mol. The summed E-state index contributed by atoms with van der Waals surface area (Å²) in [4.78, 5) is 18.7. The van der Waals surface area contributed by atoms with Crippen LogP contribution in [0, 0.1) is 11.3 Å². The molecule has 6 aromatic rings. The molecule has 4 N–H and O–H groups in total. The van der Waals surface area contributed by atoms with Crippen LogP contribution in [0.1, 0.15) is 353 Å². The zero-order valence-electron chi connectivity index (χ0n) is 69.1. The van der Waals surface area contributed by atoms with E-state index in [2.05, 4.69) is 106 Å². The maximum absolute atomic E-state index is 10.9. The van der Waals surface area contributed by atoms with Crippen molar-refractivity contribution in [3.63, 3.8) is 0 Å². The van der Waals surface area contributed by atoms with E-state index in [-0.39, 0.29) is 5.41 Å². The molecule has 0 aromatic heterocycles. The Balaban J connectivity index is 0.000000259. The summed E-state index contributed by atoms with van der Waals surface area (Å²) < 4.78 is 5.16. The number of hydrogen-bond donors (Lipinski definition) is 4. The Kier molecular flexibility index (Phi) is 54.6. The molecule has 6 saturated carbocycles. The van der Waals surface area contributed by atoms with Crippen LogP contribution >= 0.6 is 74.4 Å². The molecule has 6 aliphatic carbocycles. The van der Waals surface area contributed by atoms with Crippen molar-refractivity contribution in [2.24, 2.45) is 31.3 Å². The summed E-state index contributed by atoms with van der Waals surface area (Å²) >= 11 is -2.22. The van der Waals surface area contributed by atoms with Crippen molar-refractivity contribution >= 4 is 111 Å². The molecule has 0 radical (unpaired) electrons. The summed E-state index contributed by atoms with van der Waals surface area (Å²) in [6.07, 6.45) is 54.7. The van der Waals surface area contributed by atoms with Gasteiger partial charge in [0.2, 0.25) is 0 Å². The molecule has 0 atom stereocenters. The number of phenols is 4. The first kappa shape index (κ1) is 103. The third-order valence-electron chi connectivity index (χ3n) is 23.4. The number of rotatable bonds is 13. The van der Waals surface area contributed by atoms with Crippen LogP contribution < -0.4 is 4.74 Å². The monoisotopic (exact) mass is 1850 g/mol. The van der Waals surface area contributed by atoms with Crippen LogP contribution in [0.3, 0.4) is 0 Å². The van der Waals surface area contributed by atoms with Gasteiger partial charge >= 0.3 is 143 Å².